The lowest BCUT2D eigenvalue weighted by Crippen LogP contribution is -2.50. The monoisotopic (exact) mass is 512 g/mol. The van der Waals surface area contributed by atoms with Crippen molar-refractivity contribution in [3.8, 4) is 0 Å². The van der Waals surface area contributed by atoms with E-state index in [0.717, 1.165) is 50.7 Å². The number of ether oxygens (including phenoxy) is 1. The summed E-state index contributed by atoms with van der Waals surface area (Å²) in [4.78, 5) is 33.3. The normalized spacial score (nSPS) is 34.9. The summed E-state index contributed by atoms with van der Waals surface area (Å²) in [6, 6.07) is 7.05. The Morgan fingerprint density at radius 2 is 1.68 bits per heavy atom. The predicted molar refractivity (Wildman–Crippen MR) is 144 cm³/mol. The second-order valence-electron chi connectivity index (χ2n) is 12.0. The van der Waals surface area contributed by atoms with Gasteiger partial charge in [0.25, 0.3) is 5.91 Å². The lowest BCUT2D eigenvalue weighted by atomic mass is 9.48. The van der Waals surface area contributed by atoms with E-state index in [9.17, 15) is 9.59 Å². The third-order valence-corrected chi connectivity index (χ3v) is 10.2. The predicted octanol–water partition coefficient (Wildman–Crippen LogP) is 5.75. The first-order valence-corrected chi connectivity index (χ1v) is 14.0. The zero-order valence-electron chi connectivity index (χ0n) is 22.2. The van der Waals surface area contributed by atoms with Gasteiger partial charge in [0.05, 0.1) is 11.1 Å². The number of nitrogens with zero attached hydrogens (tertiary/aromatic N) is 3. The van der Waals surface area contributed by atoms with Gasteiger partial charge in [-0.2, -0.15) is 5.10 Å². The SMILES string of the molecule is CC12CCC(OC(=O)c3cccnc3)CC1=CCC1C2CCC2(C)C(=NNC(=O)c3cccnc3)CCC12. The number of hydrogen-bond acceptors (Lipinski definition) is 6. The number of aromatic nitrogens is 2. The van der Waals surface area contributed by atoms with E-state index in [2.05, 4.69) is 40.4 Å². The molecule has 38 heavy (non-hydrogen) atoms. The van der Waals surface area contributed by atoms with Crippen LogP contribution in [0.3, 0.4) is 0 Å². The van der Waals surface area contributed by atoms with Crippen LogP contribution < -0.4 is 5.43 Å². The van der Waals surface area contributed by atoms with Gasteiger partial charge in [-0.05, 0) is 92.4 Å². The highest BCUT2D eigenvalue weighted by molar-refractivity contribution is 5.97. The molecular weight excluding hydrogens is 476 g/mol. The van der Waals surface area contributed by atoms with Gasteiger partial charge < -0.3 is 4.74 Å². The summed E-state index contributed by atoms with van der Waals surface area (Å²) in [6.45, 7) is 4.82. The fraction of sp³-hybridized carbons (Fsp3) is 0.516. The Balaban J connectivity index is 1.15. The van der Waals surface area contributed by atoms with Crippen LogP contribution in [-0.4, -0.2) is 33.7 Å². The van der Waals surface area contributed by atoms with Gasteiger partial charge in [0.1, 0.15) is 6.10 Å². The molecule has 4 aliphatic carbocycles. The third-order valence-electron chi connectivity index (χ3n) is 10.2. The van der Waals surface area contributed by atoms with Gasteiger partial charge in [-0.3, -0.25) is 14.8 Å². The molecule has 0 radical (unpaired) electrons. The highest BCUT2D eigenvalue weighted by Gasteiger charge is 2.58. The smallest absolute Gasteiger partial charge is 0.339 e. The van der Waals surface area contributed by atoms with Crippen LogP contribution in [0.4, 0.5) is 0 Å². The van der Waals surface area contributed by atoms with Crippen molar-refractivity contribution in [2.75, 3.05) is 0 Å². The standard InChI is InChI=1S/C31H36N4O3/c1-30-13-11-23(38-29(37)21-6-4-16-33-19-21)17-22(30)7-8-24-25-9-10-27(31(25,2)14-12-26(24)30)34-35-28(36)20-5-3-15-32-18-20/h3-7,15-16,18-19,23-26H,8-14,17H2,1-2H3,(H,35,36). The first-order chi connectivity index (χ1) is 18.4. The quantitative estimate of drug-likeness (QED) is 0.320. The molecule has 2 aromatic rings. The van der Waals surface area contributed by atoms with Gasteiger partial charge in [-0.1, -0.05) is 25.5 Å². The Kier molecular flexibility index (Phi) is 6.40. The van der Waals surface area contributed by atoms with E-state index >= 15 is 0 Å². The molecule has 6 atom stereocenters. The molecule has 2 heterocycles. The summed E-state index contributed by atoms with van der Waals surface area (Å²) in [5.41, 5.74) is 6.66. The molecule has 7 nitrogen and oxygen atoms in total. The molecule has 7 heteroatoms. The summed E-state index contributed by atoms with van der Waals surface area (Å²) in [5.74, 6) is 1.36. The third kappa shape index (κ3) is 4.26. The van der Waals surface area contributed by atoms with Gasteiger partial charge in [-0.15, -0.1) is 0 Å². The number of carbonyl (C=O) groups excluding carboxylic acids is 2. The Morgan fingerprint density at radius 1 is 0.974 bits per heavy atom. The number of fused-ring (bicyclic) bond motifs is 5. The Morgan fingerprint density at radius 3 is 2.42 bits per heavy atom. The molecule has 0 aliphatic heterocycles. The second kappa shape index (κ2) is 9.75. The van der Waals surface area contributed by atoms with Crippen molar-refractivity contribution in [1.82, 2.24) is 15.4 Å². The summed E-state index contributed by atoms with van der Waals surface area (Å²) in [5, 5.41) is 4.68. The Bertz CT molecular complexity index is 1280. The second-order valence-corrected chi connectivity index (χ2v) is 12.0. The molecule has 0 spiro atoms. The molecule has 6 unspecified atom stereocenters. The van der Waals surface area contributed by atoms with Crippen molar-refractivity contribution in [1.29, 1.82) is 0 Å². The zero-order chi connectivity index (χ0) is 26.3. The number of hydrazone groups is 1. The van der Waals surface area contributed by atoms with Crippen molar-refractivity contribution in [3.05, 3.63) is 71.8 Å². The van der Waals surface area contributed by atoms with Crippen LogP contribution in [0, 0.1) is 28.6 Å². The minimum atomic E-state index is -0.275. The molecule has 0 bridgehead atoms. The number of nitrogens with one attached hydrogen (secondary N) is 1. The number of carbonyl (C=O) groups is 2. The number of rotatable bonds is 4. The van der Waals surface area contributed by atoms with Crippen LogP contribution in [0.25, 0.3) is 0 Å². The van der Waals surface area contributed by atoms with E-state index in [1.165, 1.54) is 12.0 Å². The molecule has 1 N–H and O–H groups in total. The van der Waals surface area contributed by atoms with Crippen molar-refractivity contribution in [2.45, 2.75) is 71.3 Å². The van der Waals surface area contributed by atoms with E-state index < -0.39 is 0 Å². The van der Waals surface area contributed by atoms with Gasteiger partial charge in [0.2, 0.25) is 0 Å². The number of esters is 1. The van der Waals surface area contributed by atoms with Gasteiger partial charge in [0, 0.05) is 42.3 Å². The van der Waals surface area contributed by atoms with E-state index in [1.54, 1.807) is 49.1 Å². The zero-order valence-corrected chi connectivity index (χ0v) is 22.2. The number of amides is 1. The Labute approximate surface area is 224 Å². The summed E-state index contributed by atoms with van der Waals surface area (Å²) >= 11 is 0. The van der Waals surface area contributed by atoms with Crippen LogP contribution in [-0.2, 0) is 4.74 Å². The summed E-state index contributed by atoms with van der Waals surface area (Å²) in [6.07, 6.45) is 17.1. The van der Waals surface area contributed by atoms with Crippen LogP contribution >= 0.6 is 0 Å². The lowest BCUT2D eigenvalue weighted by Gasteiger charge is -2.57. The molecule has 1 amide bonds. The number of hydrogen-bond donors (Lipinski definition) is 1. The lowest BCUT2D eigenvalue weighted by molar-refractivity contribution is -0.0285. The average molecular weight is 513 g/mol. The van der Waals surface area contributed by atoms with Crippen molar-refractivity contribution in [2.24, 2.45) is 33.7 Å². The summed E-state index contributed by atoms with van der Waals surface area (Å²) in [7, 11) is 0. The molecule has 4 aliphatic rings. The molecule has 198 valence electrons. The van der Waals surface area contributed by atoms with E-state index in [4.69, 9.17) is 4.74 Å². The fourth-order valence-corrected chi connectivity index (χ4v) is 8.08. The topological polar surface area (TPSA) is 93.5 Å². The van der Waals surface area contributed by atoms with Crippen LogP contribution in [0.5, 0.6) is 0 Å². The highest BCUT2D eigenvalue weighted by Crippen LogP contribution is 2.64. The molecule has 2 aromatic heterocycles. The van der Waals surface area contributed by atoms with Gasteiger partial charge in [0.15, 0.2) is 0 Å². The molecule has 0 saturated heterocycles. The van der Waals surface area contributed by atoms with Crippen LogP contribution in [0.1, 0.15) is 85.9 Å². The Hall–Kier alpha value is -3.35. The molecule has 6 rings (SSSR count). The number of allylic oxidation sites excluding steroid dienone is 1. The van der Waals surface area contributed by atoms with E-state index in [-0.39, 0.29) is 28.8 Å². The summed E-state index contributed by atoms with van der Waals surface area (Å²) < 4.78 is 5.91. The van der Waals surface area contributed by atoms with Crippen LogP contribution in [0.2, 0.25) is 0 Å². The van der Waals surface area contributed by atoms with Crippen LogP contribution in [0.15, 0.2) is 65.8 Å². The maximum absolute atomic E-state index is 12.6. The average Bonchev–Trinajstić information content (AvgIpc) is 3.29. The maximum atomic E-state index is 12.6. The molecule has 3 fully saturated rings. The minimum absolute atomic E-state index is 0.0293. The molecule has 0 aromatic carbocycles. The fourth-order valence-electron chi connectivity index (χ4n) is 8.08. The van der Waals surface area contributed by atoms with Gasteiger partial charge >= 0.3 is 5.97 Å². The van der Waals surface area contributed by atoms with Crippen molar-refractivity contribution >= 4 is 17.6 Å². The maximum Gasteiger partial charge on any atom is 0.339 e. The minimum Gasteiger partial charge on any atom is -0.458 e. The first-order valence-electron chi connectivity index (χ1n) is 14.0. The molecular formula is C31H36N4O3. The van der Waals surface area contributed by atoms with Gasteiger partial charge in [-0.25, -0.2) is 10.2 Å². The van der Waals surface area contributed by atoms with E-state index in [1.807, 2.05) is 0 Å². The molecule has 3 saturated carbocycles. The number of pyridine rings is 2. The largest absolute Gasteiger partial charge is 0.458 e. The first kappa shape index (κ1) is 25.0. The van der Waals surface area contributed by atoms with Crippen molar-refractivity contribution in [3.63, 3.8) is 0 Å². The van der Waals surface area contributed by atoms with E-state index in [0.29, 0.717) is 28.9 Å². The highest BCUT2D eigenvalue weighted by atomic mass is 16.5. The van der Waals surface area contributed by atoms with Crippen molar-refractivity contribution < 1.29 is 14.3 Å².